The fourth-order valence-electron chi connectivity index (χ4n) is 2.82. The molecule has 1 aliphatic heterocycles. The number of rotatable bonds is 5. The zero-order valence-corrected chi connectivity index (χ0v) is 14.9. The van der Waals surface area contributed by atoms with Crippen LogP contribution in [0.5, 0.6) is 0 Å². The Labute approximate surface area is 146 Å². The number of anilines is 1. The molecule has 0 saturated carbocycles. The summed E-state index contributed by atoms with van der Waals surface area (Å²) in [6, 6.07) is 5.67. The molecule has 0 atom stereocenters. The summed E-state index contributed by atoms with van der Waals surface area (Å²) in [6.07, 6.45) is 3.38. The minimum absolute atomic E-state index is 0.218. The molecule has 0 spiro atoms. The van der Waals surface area contributed by atoms with E-state index in [1.807, 2.05) is 30.0 Å². The molecule has 1 aliphatic rings. The zero-order valence-electron chi connectivity index (χ0n) is 14.0. The van der Waals surface area contributed by atoms with Gasteiger partial charge in [-0.25, -0.2) is 0 Å². The number of carbonyl (C=O) groups is 1. The molecule has 2 heterocycles. The highest BCUT2D eigenvalue weighted by Crippen LogP contribution is 2.30. The van der Waals surface area contributed by atoms with E-state index in [4.69, 9.17) is 4.42 Å². The maximum absolute atomic E-state index is 11.5. The van der Waals surface area contributed by atoms with E-state index in [9.17, 15) is 4.79 Å². The molecule has 0 radical (unpaired) electrons. The Kier molecular flexibility index (Phi) is 4.94. The fraction of sp³-hybridized carbons (Fsp3) is 0.333. The maximum atomic E-state index is 11.5. The van der Waals surface area contributed by atoms with Crippen LogP contribution >= 0.6 is 11.8 Å². The minimum atomic E-state index is -0.218. The van der Waals surface area contributed by atoms with Crippen LogP contribution in [0.3, 0.4) is 0 Å². The second-order valence-corrected chi connectivity index (χ2v) is 6.59. The predicted octanol–water partition coefficient (Wildman–Crippen LogP) is 3.23. The Morgan fingerprint density at radius 1 is 1.50 bits per heavy atom. The lowest BCUT2D eigenvalue weighted by Crippen LogP contribution is -2.34. The molecule has 24 heavy (non-hydrogen) atoms. The van der Waals surface area contributed by atoms with E-state index in [1.165, 1.54) is 11.1 Å². The van der Waals surface area contributed by atoms with E-state index in [0.29, 0.717) is 0 Å². The summed E-state index contributed by atoms with van der Waals surface area (Å²) in [5.41, 5.74) is 2.52. The molecule has 1 amide bonds. The second kappa shape index (κ2) is 7.13. The van der Waals surface area contributed by atoms with Crippen molar-refractivity contribution in [2.24, 2.45) is 0 Å². The van der Waals surface area contributed by atoms with E-state index in [-0.39, 0.29) is 5.91 Å². The van der Waals surface area contributed by atoms with Gasteiger partial charge in [-0.15, -0.1) is 11.8 Å². The number of nitrogens with zero attached hydrogens (tertiary/aromatic N) is 2. The van der Waals surface area contributed by atoms with Crippen LogP contribution in [-0.2, 0) is 11.3 Å². The van der Waals surface area contributed by atoms with Crippen molar-refractivity contribution >= 4 is 40.5 Å². The van der Waals surface area contributed by atoms with Crippen LogP contribution in [0, 0.1) is 0 Å². The van der Waals surface area contributed by atoms with Gasteiger partial charge in [0.25, 0.3) is 5.52 Å². The van der Waals surface area contributed by atoms with E-state index < -0.39 is 0 Å². The maximum Gasteiger partial charge on any atom is 0.376 e. The van der Waals surface area contributed by atoms with Crippen molar-refractivity contribution in [3.8, 4) is 0 Å². The number of aryl methyl sites for hydroxylation is 1. The number of aromatic nitrogens is 1. The molecule has 1 aromatic heterocycles. The molecule has 0 bridgehead atoms. The zero-order chi connectivity index (χ0) is 17.1. The predicted molar refractivity (Wildman–Crippen MR) is 98.6 cm³/mol. The van der Waals surface area contributed by atoms with Crippen LogP contribution in [-0.4, -0.2) is 29.6 Å². The first-order valence-corrected chi connectivity index (χ1v) is 9.14. The molecule has 2 aromatic rings. The average Bonchev–Trinajstić information content (AvgIpc) is 3.18. The third kappa shape index (κ3) is 3.19. The smallest absolute Gasteiger partial charge is 0.376 e. The lowest BCUT2D eigenvalue weighted by molar-refractivity contribution is -0.674. The van der Waals surface area contributed by atoms with Crippen molar-refractivity contribution in [2.45, 2.75) is 20.4 Å². The van der Waals surface area contributed by atoms with Crippen LogP contribution < -0.4 is 9.88 Å². The first-order chi connectivity index (χ1) is 11.7. The average molecular weight is 344 g/mol. The molecule has 1 N–H and O–H groups in total. The molecule has 0 aliphatic carbocycles. The summed E-state index contributed by atoms with van der Waals surface area (Å²) in [6.45, 7) is 10.6. The monoisotopic (exact) mass is 344 g/mol. The number of oxazole rings is 1. The van der Waals surface area contributed by atoms with Gasteiger partial charge in [0.2, 0.25) is 11.5 Å². The third-order valence-corrected chi connectivity index (χ3v) is 5.11. The number of nitrogens with one attached hydrogen (secondary N) is 1. The number of fused-ring (bicyclic) bond motifs is 1. The molecular weight excluding hydrogens is 322 g/mol. The Bertz CT molecular complexity index is 810. The van der Waals surface area contributed by atoms with Gasteiger partial charge in [-0.3, -0.25) is 4.79 Å². The molecule has 1 aromatic carbocycles. The minimum Gasteiger partial charge on any atom is -0.398 e. The van der Waals surface area contributed by atoms with Gasteiger partial charge in [-0.05, 0) is 32.1 Å². The quantitative estimate of drug-likeness (QED) is 0.668. The summed E-state index contributed by atoms with van der Waals surface area (Å²) in [5.74, 6) is 1.73. The third-order valence-electron chi connectivity index (χ3n) is 4.05. The summed E-state index contributed by atoms with van der Waals surface area (Å²) < 4.78 is 8.17. The summed E-state index contributed by atoms with van der Waals surface area (Å²) in [7, 11) is 0. The Morgan fingerprint density at radius 2 is 2.33 bits per heavy atom. The molecule has 5 nitrogen and oxygen atoms in total. The number of hydrogen-bond donors (Lipinski definition) is 1. The highest BCUT2D eigenvalue weighted by Gasteiger charge is 2.24. The number of thioether (sulfide) groups is 1. The van der Waals surface area contributed by atoms with Crippen LogP contribution in [0.4, 0.5) is 5.69 Å². The van der Waals surface area contributed by atoms with Gasteiger partial charge in [0.15, 0.2) is 0 Å². The number of amides is 1. The van der Waals surface area contributed by atoms with Crippen LogP contribution in [0.15, 0.2) is 40.3 Å². The van der Waals surface area contributed by atoms with Gasteiger partial charge >= 0.3 is 5.89 Å². The van der Waals surface area contributed by atoms with Crippen LogP contribution in [0.2, 0.25) is 0 Å². The Hall–Kier alpha value is -2.21. The Balaban J connectivity index is 2.01. The summed E-state index contributed by atoms with van der Waals surface area (Å²) >= 11 is 1.86. The van der Waals surface area contributed by atoms with Crippen LogP contribution in [0.25, 0.3) is 17.2 Å². The van der Waals surface area contributed by atoms with E-state index in [0.717, 1.165) is 48.1 Å². The van der Waals surface area contributed by atoms with Crippen molar-refractivity contribution in [3.63, 3.8) is 0 Å². The lowest BCUT2D eigenvalue weighted by Gasteiger charge is -2.14. The van der Waals surface area contributed by atoms with Gasteiger partial charge in [0.1, 0.15) is 6.54 Å². The van der Waals surface area contributed by atoms with Crippen molar-refractivity contribution in [1.82, 2.24) is 4.90 Å². The normalized spacial score (nSPS) is 16.1. The summed E-state index contributed by atoms with van der Waals surface area (Å²) in [4.78, 5) is 13.9. The molecule has 1 fully saturated rings. The van der Waals surface area contributed by atoms with Crippen LogP contribution in [0.1, 0.15) is 19.7 Å². The molecule has 6 heteroatoms. The lowest BCUT2D eigenvalue weighted by atomic mass is 10.2. The standard InChI is InChI=1S/C18H21N3O2S/c1-4-16(22)19-13-7-8-15-14(11-13)21(6-3)17(23-15)12-18-20(5-2)9-10-24-18/h4,7-8,11-12H,1,5-6,9-10H2,2-3H3/p+1. The first-order valence-electron chi connectivity index (χ1n) is 8.15. The van der Waals surface area contributed by atoms with Crippen molar-refractivity contribution < 1.29 is 13.8 Å². The molecule has 0 unspecified atom stereocenters. The molecular formula is C18H22N3O2S+. The Morgan fingerprint density at radius 3 is 3.04 bits per heavy atom. The summed E-state index contributed by atoms with van der Waals surface area (Å²) in [5, 5.41) is 4.04. The molecule has 3 rings (SSSR count). The SMILES string of the molecule is C=CC(=O)Nc1ccc2oc(C=C3SCCN3CC)[n+](CC)c2c1. The van der Waals surface area contributed by atoms with E-state index >= 15 is 0 Å². The van der Waals surface area contributed by atoms with Gasteiger partial charge in [0, 0.05) is 30.6 Å². The van der Waals surface area contributed by atoms with Crippen molar-refractivity contribution in [3.05, 3.63) is 41.8 Å². The fourth-order valence-corrected chi connectivity index (χ4v) is 3.93. The largest absolute Gasteiger partial charge is 0.398 e. The first kappa shape index (κ1) is 16.6. The van der Waals surface area contributed by atoms with Crippen molar-refractivity contribution in [1.29, 1.82) is 0 Å². The van der Waals surface area contributed by atoms with Gasteiger partial charge in [-0.2, -0.15) is 4.57 Å². The highest BCUT2D eigenvalue weighted by molar-refractivity contribution is 8.03. The van der Waals surface area contributed by atoms with Gasteiger partial charge in [0.05, 0.1) is 11.1 Å². The van der Waals surface area contributed by atoms with Gasteiger partial charge in [-0.1, -0.05) is 6.58 Å². The van der Waals surface area contributed by atoms with Gasteiger partial charge < -0.3 is 14.6 Å². The van der Waals surface area contributed by atoms with Crippen molar-refractivity contribution in [2.75, 3.05) is 24.2 Å². The molecule has 126 valence electrons. The van der Waals surface area contributed by atoms with E-state index in [2.05, 4.69) is 41.3 Å². The van der Waals surface area contributed by atoms with E-state index in [1.54, 1.807) is 0 Å². The number of hydrogen-bond acceptors (Lipinski definition) is 4. The topological polar surface area (TPSA) is 49.4 Å². The number of carbonyl (C=O) groups excluding carboxylic acids is 1. The highest BCUT2D eigenvalue weighted by atomic mass is 32.2. The molecule has 1 saturated heterocycles. The number of benzene rings is 1. The second-order valence-electron chi connectivity index (χ2n) is 5.47.